The van der Waals surface area contributed by atoms with E-state index < -0.39 is 9.84 Å². The van der Waals surface area contributed by atoms with E-state index in [0.717, 1.165) is 5.56 Å². The molecule has 2 rings (SSSR count). The summed E-state index contributed by atoms with van der Waals surface area (Å²) >= 11 is 0. The van der Waals surface area contributed by atoms with E-state index in [4.69, 9.17) is 0 Å². The molecule has 1 aliphatic rings. The molecule has 1 aromatic rings. The zero-order chi connectivity index (χ0) is 14.6. The molecule has 0 saturated carbocycles. The van der Waals surface area contributed by atoms with E-state index in [2.05, 4.69) is 10.3 Å². The number of carbonyl (C=O) groups is 1. The Morgan fingerprint density at radius 3 is 2.95 bits per heavy atom. The van der Waals surface area contributed by atoms with Crippen LogP contribution in [0.15, 0.2) is 24.5 Å². The summed E-state index contributed by atoms with van der Waals surface area (Å²) in [5, 5.41) is 2.80. The highest BCUT2D eigenvalue weighted by Gasteiger charge is 2.31. The molecule has 0 radical (unpaired) electrons. The zero-order valence-corrected chi connectivity index (χ0v) is 12.3. The number of pyridine rings is 1. The standard InChI is InChI=1S/C13H19N3O3S/c1-16(12-4-6-20(18,19)10-12)9-13(17)15-8-11-3-2-5-14-7-11/h2-3,5,7,12H,4,6,8-10H2,1H3,(H,15,17). The maximum absolute atomic E-state index is 11.8. The fraction of sp³-hybridized carbons (Fsp3) is 0.538. The normalized spacial score (nSPS) is 21.0. The second-order valence-electron chi connectivity index (χ2n) is 5.11. The molecule has 1 fully saturated rings. The second kappa shape index (κ2) is 6.32. The number of aromatic nitrogens is 1. The molecule has 1 aromatic heterocycles. The first-order valence-electron chi connectivity index (χ1n) is 6.52. The maximum Gasteiger partial charge on any atom is 0.234 e. The summed E-state index contributed by atoms with van der Waals surface area (Å²) in [6, 6.07) is 3.65. The van der Waals surface area contributed by atoms with Crippen LogP contribution in [-0.2, 0) is 21.2 Å². The Labute approximate surface area is 119 Å². The fourth-order valence-electron chi connectivity index (χ4n) is 2.24. The summed E-state index contributed by atoms with van der Waals surface area (Å²) in [4.78, 5) is 17.6. The number of likely N-dealkylation sites (N-methyl/N-ethyl adjacent to an activating group) is 1. The van der Waals surface area contributed by atoms with Crippen molar-refractivity contribution < 1.29 is 13.2 Å². The lowest BCUT2D eigenvalue weighted by atomic mass is 10.2. The van der Waals surface area contributed by atoms with Gasteiger partial charge < -0.3 is 5.32 Å². The van der Waals surface area contributed by atoms with Gasteiger partial charge in [0.2, 0.25) is 5.91 Å². The van der Waals surface area contributed by atoms with Gasteiger partial charge in [0.1, 0.15) is 0 Å². The number of hydrogen-bond acceptors (Lipinski definition) is 5. The van der Waals surface area contributed by atoms with Crippen molar-refractivity contribution in [2.45, 2.75) is 19.0 Å². The summed E-state index contributed by atoms with van der Waals surface area (Å²) in [6.45, 7) is 0.643. The number of hydrogen-bond donors (Lipinski definition) is 1. The molecule has 0 aliphatic carbocycles. The van der Waals surface area contributed by atoms with Gasteiger partial charge in [-0.3, -0.25) is 14.7 Å². The highest BCUT2D eigenvalue weighted by Crippen LogP contribution is 2.15. The van der Waals surface area contributed by atoms with Crippen LogP contribution < -0.4 is 5.32 Å². The molecule has 20 heavy (non-hydrogen) atoms. The lowest BCUT2D eigenvalue weighted by Gasteiger charge is -2.22. The predicted octanol–water partition coefficient (Wildman–Crippen LogP) is -0.183. The first-order valence-corrected chi connectivity index (χ1v) is 8.35. The predicted molar refractivity (Wildman–Crippen MR) is 75.8 cm³/mol. The molecular weight excluding hydrogens is 278 g/mol. The highest BCUT2D eigenvalue weighted by molar-refractivity contribution is 7.91. The van der Waals surface area contributed by atoms with Crippen molar-refractivity contribution in [2.24, 2.45) is 0 Å². The molecular formula is C13H19N3O3S. The Kier molecular flexibility index (Phi) is 4.72. The third-order valence-corrected chi connectivity index (χ3v) is 5.19. The molecule has 1 amide bonds. The second-order valence-corrected chi connectivity index (χ2v) is 7.34. The summed E-state index contributed by atoms with van der Waals surface area (Å²) < 4.78 is 22.8. The number of carbonyl (C=O) groups excluding carboxylic acids is 1. The van der Waals surface area contributed by atoms with Crippen LogP contribution in [-0.4, -0.2) is 55.3 Å². The van der Waals surface area contributed by atoms with Crippen molar-refractivity contribution in [3.63, 3.8) is 0 Å². The van der Waals surface area contributed by atoms with Gasteiger partial charge >= 0.3 is 0 Å². The molecule has 6 nitrogen and oxygen atoms in total. The number of nitrogens with one attached hydrogen (secondary N) is 1. The van der Waals surface area contributed by atoms with Gasteiger partial charge in [0.15, 0.2) is 9.84 Å². The highest BCUT2D eigenvalue weighted by atomic mass is 32.2. The monoisotopic (exact) mass is 297 g/mol. The number of nitrogens with zero attached hydrogens (tertiary/aromatic N) is 2. The number of rotatable bonds is 5. The van der Waals surface area contributed by atoms with Gasteiger partial charge in [-0.05, 0) is 25.1 Å². The van der Waals surface area contributed by atoms with Crippen LogP contribution in [0.3, 0.4) is 0 Å². The first-order chi connectivity index (χ1) is 9.46. The van der Waals surface area contributed by atoms with Gasteiger partial charge in [-0.1, -0.05) is 6.07 Å². The van der Waals surface area contributed by atoms with Crippen molar-refractivity contribution >= 4 is 15.7 Å². The van der Waals surface area contributed by atoms with Crippen LogP contribution in [0.2, 0.25) is 0 Å². The first kappa shape index (κ1) is 14.9. The topological polar surface area (TPSA) is 79.4 Å². The minimum Gasteiger partial charge on any atom is -0.351 e. The van der Waals surface area contributed by atoms with Gasteiger partial charge in [-0.15, -0.1) is 0 Å². The van der Waals surface area contributed by atoms with E-state index in [9.17, 15) is 13.2 Å². The van der Waals surface area contributed by atoms with E-state index in [1.54, 1.807) is 19.4 Å². The molecule has 1 atom stereocenters. The summed E-state index contributed by atoms with van der Waals surface area (Å²) in [5.74, 6) is 0.263. The zero-order valence-electron chi connectivity index (χ0n) is 11.4. The van der Waals surface area contributed by atoms with Crippen LogP contribution in [0.4, 0.5) is 0 Å². The van der Waals surface area contributed by atoms with Crippen LogP contribution in [0.25, 0.3) is 0 Å². The Morgan fingerprint density at radius 1 is 1.55 bits per heavy atom. The molecule has 2 heterocycles. The summed E-state index contributed by atoms with van der Waals surface area (Å²) in [5.41, 5.74) is 0.937. The van der Waals surface area contributed by atoms with Crippen molar-refractivity contribution in [1.29, 1.82) is 0 Å². The molecule has 110 valence electrons. The van der Waals surface area contributed by atoms with Gasteiger partial charge in [0, 0.05) is 25.0 Å². The molecule has 1 aliphatic heterocycles. The Morgan fingerprint density at radius 2 is 2.35 bits per heavy atom. The van der Waals surface area contributed by atoms with Crippen LogP contribution >= 0.6 is 0 Å². The van der Waals surface area contributed by atoms with E-state index >= 15 is 0 Å². The molecule has 0 bridgehead atoms. The third kappa shape index (κ3) is 4.28. The number of amides is 1. The number of sulfone groups is 1. The average molecular weight is 297 g/mol. The van der Waals surface area contributed by atoms with Crippen molar-refractivity contribution in [1.82, 2.24) is 15.2 Å². The quantitative estimate of drug-likeness (QED) is 0.815. The van der Waals surface area contributed by atoms with Crippen molar-refractivity contribution in [3.05, 3.63) is 30.1 Å². The molecule has 7 heteroatoms. The Bertz CT molecular complexity index is 559. The van der Waals surface area contributed by atoms with Gasteiger partial charge in [-0.25, -0.2) is 8.42 Å². The molecule has 1 N–H and O–H groups in total. The fourth-order valence-corrected chi connectivity index (χ4v) is 4.04. The smallest absolute Gasteiger partial charge is 0.234 e. The Balaban J connectivity index is 1.77. The minimum atomic E-state index is -2.91. The molecule has 1 saturated heterocycles. The minimum absolute atomic E-state index is 0.0517. The van der Waals surface area contributed by atoms with Crippen LogP contribution in [0, 0.1) is 0 Å². The van der Waals surface area contributed by atoms with Gasteiger partial charge in [0.25, 0.3) is 0 Å². The van der Waals surface area contributed by atoms with Crippen molar-refractivity contribution in [2.75, 3.05) is 25.1 Å². The van der Waals surface area contributed by atoms with E-state index in [0.29, 0.717) is 13.0 Å². The SMILES string of the molecule is CN(CC(=O)NCc1cccnc1)C1CCS(=O)(=O)C1. The molecule has 0 spiro atoms. The Hall–Kier alpha value is -1.47. The average Bonchev–Trinajstić information content (AvgIpc) is 2.78. The third-order valence-electron chi connectivity index (χ3n) is 3.44. The van der Waals surface area contributed by atoms with Gasteiger partial charge in [-0.2, -0.15) is 0 Å². The maximum atomic E-state index is 11.8. The summed E-state index contributed by atoms with van der Waals surface area (Å²) in [6.07, 6.45) is 3.99. The van der Waals surface area contributed by atoms with Crippen LogP contribution in [0.5, 0.6) is 0 Å². The van der Waals surface area contributed by atoms with Crippen LogP contribution in [0.1, 0.15) is 12.0 Å². The largest absolute Gasteiger partial charge is 0.351 e. The lowest BCUT2D eigenvalue weighted by molar-refractivity contribution is -0.122. The van der Waals surface area contributed by atoms with Crippen molar-refractivity contribution in [3.8, 4) is 0 Å². The molecule has 0 aromatic carbocycles. The molecule has 1 unspecified atom stereocenters. The van der Waals surface area contributed by atoms with E-state index in [1.807, 2.05) is 17.0 Å². The van der Waals surface area contributed by atoms with Gasteiger partial charge in [0.05, 0.1) is 18.1 Å². The lowest BCUT2D eigenvalue weighted by Crippen LogP contribution is -2.41. The van der Waals surface area contributed by atoms with E-state index in [1.165, 1.54) is 0 Å². The van der Waals surface area contributed by atoms with E-state index in [-0.39, 0.29) is 30.0 Å². The summed E-state index contributed by atoms with van der Waals surface area (Å²) in [7, 11) is -1.13.